The van der Waals surface area contributed by atoms with E-state index in [1.807, 2.05) is 41.5 Å². The zero-order valence-corrected chi connectivity index (χ0v) is 13.2. The van der Waals surface area contributed by atoms with Crippen LogP contribution in [0.5, 0.6) is 0 Å². The second kappa shape index (κ2) is 6.93. The number of benzene rings is 1. The molecule has 3 heterocycles. The Morgan fingerprint density at radius 1 is 1.04 bits per heavy atom. The van der Waals surface area contributed by atoms with Crippen LogP contribution in [0.4, 0.5) is 0 Å². The Kier molecular flexibility index (Phi) is 4.34. The highest BCUT2D eigenvalue weighted by Crippen LogP contribution is 2.21. The highest BCUT2D eigenvalue weighted by Gasteiger charge is 2.12. The quantitative estimate of drug-likeness (QED) is 0.541. The lowest BCUT2D eigenvalue weighted by Crippen LogP contribution is -2.33. The lowest BCUT2D eigenvalue weighted by atomic mass is 10.2. The molecule has 0 saturated carbocycles. The molecular weight excluding hydrogens is 304 g/mol. The van der Waals surface area contributed by atoms with Crippen LogP contribution in [0.1, 0.15) is 12.8 Å². The van der Waals surface area contributed by atoms with Gasteiger partial charge in [-0.05, 0) is 31.0 Å². The minimum absolute atomic E-state index is 0.236. The summed E-state index contributed by atoms with van der Waals surface area (Å²) in [5.74, 6) is 0.979. The van der Waals surface area contributed by atoms with Crippen molar-refractivity contribution >= 4 is 0 Å². The first-order valence-corrected chi connectivity index (χ1v) is 8.03. The molecule has 0 unspecified atom stereocenters. The smallest absolute Gasteiger partial charge is 0.139 e. The number of nitrogens with zero attached hydrogens (tertiary/aromatic N) is 4. The van der Waals surface area contributed by atoms with E-state index in [1.165, 1.54) is 0 Å². The Morgan fingerprint density at radius 2 is 1.96 bits per heavy atom. The molecule has 124 valence electrons. The number of hydrogen-bond acceptors (Lipinski definition) is 6. The van der Waals surface area contributed by atoms with Gasteiger partial charge in [-0.1, -0.05) is 12.1 Å². The number of rotatable bonds is 6. The fourth-order valence-corrected chi connectivity index (χ4v) is 2.85. The van der Waals surface area contributed by atoms with Gasteiger partial charge in [-0.25, -0.2) is 20.5 Å². The van der Waals surface area contributed by atoms with Crippen molar-refractivity contribution in [2.75, 3.05) is 0 Å². The predicted octanol–water partition coefficient (Wildman–Crippen LogP) is 0.959. The van der Waals surface area contributed by atoms with E-state index in [1.54, 1.807) is 6.20 Å². The van der Waals surface area contributed by atoms with Gasteiger partial charge < -0.3 is 4.57 Å². The molecule has 4 rings (SSSR count). The van der Waals surface area contributed by atoms with Crippen LogP contribution in [-0.2, 0) is 6.54 Å². The zero-order valence-electron chi connectivity index (χ0n) is 13.2. The summed E-state index contributed by atoms with van der Waals surface area (Å²) < 4.78 is 4.05. The second-order valence-corrected chi connectivity index (χ2v) is 5.68. The Labute approximate surface area is 139 Å². The summed E-state index contributed by atoms with van der Waals surface area (Å²) in [6.45, 7) is 0.918. The van der Waals surface area contributed by atoms with Crippen molar-refractivity contribution in [2.45, 2.75) is 25.6 Å². The lowest BCUT2D eigenvalue weighted by molar-refractivity contribution is 0.454. The molecule has 4 N–H and O–H groups in total. The summed E-state index contributed by atoms with van der Waals surface area (Å²) in [6, 6.07) is 10.2. The monoisotopic (exact) mass is 324 g/mol. The average Bonchev–Trinajstić information content (AvgIpc) is 3.37. The van der Waals surface area contributed by atoms with Crippen molar-refractivity contribution in [3.05, 3.63) is 55.1 Å². The highest BCUT2D eigenvalue weighted by atomic mass is 15.8. The molecule has 0 bridgehead atoms. The maximum Gasteiger partial charge on any atom is 0.139 e. The van der Waals surface area contributed by atoms with Gasteiger partial charge in [-0.3, -0.25) is 0 Å². The molecule has 3 aromatic rings. The molecule has 2 aromatic heterocycles. The fraction of sp³-hybridized carbons (Fsp3) is 0.250. The molecule has 8 heteroatoms. The summed E-state index contributed by atoms with van der Waals surface area (Å²) >= 11 is 0. The van der Waals surface area contributed by atoms with Crippen molar-refractivity contribution in [3.63, 3.8) is 0 Å². The van der Waals surface area contributed by atoms with Crippen LogP contribution in [0.25, 0.3) is 17.1 Å². The predicted molar refractivity (Wildman–Crippen MR) is 90.3 cm³/mol. The standard InChI is InChI=1S/C16H20N8/c1-4-13(12-14(5-1)24-10-3-7-18-24)16-17-8-11-23(16)9-2-6-15-19-21-22-20-15/h1,3-5,7-8,10-12,15,19-22H,2,6,9H2. The summed E-state index contributed by atoms with van der Waals surface area (Å²) in [5, 5.41) is 4.29. The highest BCUT2D eigenvalue weighted by molar-refractivity contribution is 5.59. The molecule has 1 saturated heterocycles. The van der Waals surface area contributed by atoms with Gasteiger partial charge in [-0.15, -0.1) is 0 Å². The molecule has 0 radical (unpaired) electrons. The minimum atomic E-state index is 0.236. The molecule has 0 spiro atoms. The van der Waals surface area contributed by atoms with Crippen molar-refractivity contribution in [2.24, 2.45) is 0 Å². The van der Waals surface area contributed by atoms with Crippen molar-refractivity contribution in [1.82, 2.24) is 41.3 Å². The summed E-state index contributed by atoms with van der Waals surface area (Å²) in [4.78, 5) is 4.54. The van der Waals surface area contributed by atoms with Crippen molar-refractivity contribution < 1.29 is 0 Å². The first kappa shape index (κ1) is 15.0. The lowest BCUT2D eigenvalue weighted by Gasteiger charge is -2.11. The van der Waals surface area contributed by atoms with E-state index in [2.05, 4.69) is 48.7 Å². The summed E-state index contributed by atoms with van der Waals surface area (Å²) in [7, 11) is 0. The number of hydrazine groups is 3. The Hall–Kier alpha value is -2.52. The largest absolute Gasteiger partial charge is 0.331 e. The van der Waals surface area contributed by atoms with E-state index in [0.29, 0.717) is 0 Å². The maximum atomic E-state index is 4.54. The Morgan fingerprint density at radius 3 is 2.79 bits per heavy atom. The minimum Gasteiger partial charge on any atom is -0.331 e. The van der Waals surface area contributed by atoms with Crippen molar-refractivity contribution in [1.29, 1.82) is 0 Å². The third kappa shape index (κ3) is 3.22. The first-order chi connectivity index (χ1) is 11.9. The zero-order chi connectivity index (χ0) is 16.2. The maximum absolute atomic E-state index is 4.54. The molecule has 1 aromatic carbocycles. The van der Waals surface area contributed by atoms with E-state index in [0.717, 1.165) is 36.5 Å². The van der Waals surface area contributed by atoms with Gasteiger partial charge in [0.1, 0.15) is 5.82 Å². The van der Waals surface area contributed by atoms with Crippen LogP contribution in [0.2, 0.25) is 0 Å². The fourth-order valence-electron chi connectivity index (χ4n) is 2.85. The molecule has 0 aliphatic carbocycles. The number of nitrogens with one attached hydrogen (secondary N) is 4. The molecule has 0 atom stereocenters. The van der Waals surface area contributed by atoms with E-state index in [4.69, 9.17) is 0 Å². The Bertz CT molecular complexity index is 773. The van der Waals surface area contributed by atoms with Crippen LogP contribution in [0.15, 0.2) is 55.1 Å². The summed E-state index contributed by atoms with van der Waals surface area (Å²) in [6.07, 6.45) is 9.88. The van der Waals surface area contributed by atoms with E-state index in [-0.39, 0.29) is 6.17 Å². The van der Waals surface area contributed by atoms with Gasteiger partial charge in [0.05, 0.1) is 11.9 Å². The molecule has 1 aliphatic heterocycles. The number of aryl methyl sites for hydroxylation is 1. The van der Waals surface area contributed by atoms with Crippen LogP contribution >= 0.6 is 0 Å². The van der Waals surface area contributed by atoms with Crippen LogP contribution in [-0.4, -0.2) is 25.5 Å². The third-order valence-corrected chi connectivity index (χ3v) is 4.04. The van der Waals surface area contributed by atoms with Crippen LogP contribution in [0.3, 0.4) is 0 Å². The van der Waals surface area contributed by atoms with Gasteiger partial charge in [0.25, 0.3) is 0 Å². The normalized spacial score (nSPS) is 15.2. The molecule has 1 fully saturated rings. The average molecular weight is 324 g/mol. The van der Waals surface area contributed by atoms with Crippen LogP contribution in [0, 0.1) is 0 Å². The molecule has 1 aliphatic rings. The van der Waals surface area contributed by atoms with Gasteiger partial charge in [0.15, 0.2) is 0 Å². The Balaban J connectivity index is 1.48. The summed E-state index contributed by atoms with van der Waals surface area (Å²) in [5.41, 5.74) is 14.0. The first-order valence-electron chi connectivity index (χ1n) is 8.03. The van der Waals surface area contributed by atoms with Gasteiger partial charge in [-0.2, -0.15) is 16.2 Å². The number of imidazole rings is 1. The van der Waals surface area contributed by atoms with E-state index in [9.17, 15) is 0 Å². The molecule has 24 heavy (non-hydrogen) atoms. The molecular formula is C16H20N8. The van der Waals surface area contributed by atoms with Gasteiger partial charge >= 0.3 is 0 Å². The van der Waals surface area contributed by atoms with E-state index < -0.39 is 0 Å². The van der Waals surface area contributed by atoms with E-state index >= 15 is 0 Å². The number of aromatic nitrogens is 4. The number of hydrogen-bond donors (Lipinski definition) is 4. The van der Waals surface area contributed by atoms with Crippen molar-refractivity contribution in [3.8, 4) is 17.1 Å². The van der Waals surface area contributed by atoms with Gasteiger partial charge in [0.2, 0.25) is 0 Å². The SMILES string of the molecule is c1cc(-c2nccn2CCCC2NNNN2)cc(-n2cccn2)c1. The third-order valence-electron chi connectivity index (χ3n) is 4.04. The molecule has 0 amide bonds. The van der Waals surface area contributed by atoms with Gasteiger partial charge in [0, 0.05) is 36.9 Å². The molecule has 8 nitrogen and oxygen atoms in total. The topological polar surface area (TPSA) is 83.8 Å². The van der Waals surface area contributed by atoms with Crippen LogP contribution < -0.4 is 21.9 Å². The second-order valence-electron chi connectivity index (χ2n) is 5.68.